The van der Waals surface area contributed by atoms with Gasteiger partial charge in [0.2, 0.25) is 0 Å². The first kappa shape index (κ1) is 5.78. The number of rotatable bonds is 1. The molecule has 3 heteroatoms. The van der Waals surface area contributed by atoms with Crippen LogP contribution in [0.15, 0.2) is 0 Å². The fourth-order valence-electron chi connectivity index (χ4n) is 0. The van der Waals surface area contributed by atoms with Crippen LogP contribution in [-0.4, -0.2) is 18.8 Å². The summed E-state index contributed by atoms with van der Waals surface area (Å²) in [6.45, 7) is 1.08. The van der Waals surface area contributed by atoms with E-state index in [1.807, 2.05) is 18.8 Å². The zero-order chi connectivity index (χ0) is 4.28. The molecule has 0 N–H and O–H groups in total. The SMILES string of the molecule is CN(C)[P]=[Fe]. The molecule has 0 spiro atoms. The standard InChI is InChI=1S/C2H6NP.Fe/c1-3(2)4;/h1-2H3;. The van der Waals surface area contributed by atoms with Crippen molar-refractivity contribution in [1.29, 1.82) is 0 Å². The Morgan fingerprint density at radius 3 is 1.80 bits per heavy atom. The molecule has 0 fully saturated rings. The molecule has 0 radical (unpaired) electrons. The van der Waals surface area contributed by atoms with E-state index < -0.39 is 0 Å². The van der Waals surface area contributed by atoms with Crippen molar-refractivity contribution in [1.82, 2.24) is 4.67 Å². The van der Waals surface area contributed by atoms with Gasteiger partial charge in [-0.1, -0.05) is 0 Å². The molecule has 0 aliphatic carbocycles. The minimum atomic E-state index is 1.08. The van der Waals surface area contributed by atoms with Crippen molar-refractivity contribution in [3.05, 3.63) is 0 Å². The predicted octanol–water partition coefficient (Wildman–Crippen LogP) is 0.871. The molecule has 5 heavy (non-hydrogen) atoms. The zero-order valence-electron chi connectivity index (χ0n) is 3.25. The predicted molar refractivity (Wildman–Crippen MR) is 20.6 cm³/mol. The second-order valence-electron chi connectivity index (χ2n) is 0.918. The molecule has 32 valence electrons. The second kappa shape index (κ2) is 2.99. The van der Waals surface area contributed by atoms with E-state index in [4.69, 9.17) is 0 Å². The van der Waals surface area contributed by atoms with E-state index in [1.165, 1.54) is 0 Å². The van der Waals surface area contributed by atoms with Gasteiger partial charge in [-0.15, -0.1) is 0 Å². The van der Waals surface area contributed by atoms with Crippen LogP contribution in [0.3, 0.4) is 0 Å². The van der Waals surface area contributed by atoms with Crippen LogP contribution in [-0.2, 0) is 15.1 Å². The average Bonchev–Trinajstić information content (AvgIpc) is 1.38. The Kier molecular flexibility index (Phi) is 3.45. The molecule has 0 unspecified atom stereocenters. The Bertz CT molecular complexity index is 36.6. The number of hydrogen-bond donors (Lipinski definition) is 0. The Balaban J connectivity index is 2.83. The van der Waals surface area contributed by atoms with Crippen LogP contribution >= 0.6 is 6.98 Å². The molecule has 0 aliphatic rings. The summed E-state index contributed by atoms with van der Waals surface area (Å²) < 4.78 is 1.99. The fourth-order valence-corrected chi connectivity index (χ4v) is 0. The molecule has 0 heterocycles. The minimum absolute atomic E-state index is 1.08. The van der Waals surface area contributed by atoms with Crippen LogP contribution < -0.4 is 0 Å². The Labute approximate surface area is 41.5 Å². The third-order valence-electron chi connectivity index (χ3n) is 0.141. The van der Waals surface area contributed by atoms with Gasteiger partial charge >= 0.3 is 40.8 Å². The summed E-state index contributed by atoms with van der Waals surface area (Å²) in [6.07, 6.45) is 0. The first-order chi connectivity index (χ1) is 2.27. The maximum atomic E-state index is 3.58. The van der Waals surface area contributed by atoms with Gasteiger partial charge in [0.05, 0.1) is 0 Å². The van der Waals surface area contributed by atoms with Crippen molar-refractivity contribution in [2.75, 3.05) is 14.1 Å². The van der Waals surface area contributed by atoms with Gasteiger partial charge in [0.1, 0.15) is 0 Å². The molecule has 0 aromatic carbocycles. The van der Waals surface area contributed by atoms with Crippen LogP contribution in [0, 0.1) is 0 Å². The molecule has 0 bridgehead atoms. The molecule has 0 aliphatic heterocycles. The molecule has 0 saturated carbocycles. The van der Waals surface area contributed by atoms with Crippen LogP contribution in [0.2, 0.25) is 0 Å². The summed E-state index contributed by atoms with van der Waals surface area (Å²) in [7, 11) is 3.96. The van der Waals surface area contributed by atoms with Crippen LogP contribution in [0.4, 0.5) is 0 Å². The van der Waals surface area contributed by atoms with Gasteiger partial charge in [-0.3, -0.25) is 0 Å². The zero-order valence-corrected chi connectivity index (χ0v) is 5.25. The molecular formula is C2H6FeNP. The van der Waals surface area contributed by atoms with Gasteiger partial charge in [0.25, 0.3) is 0 Å². The van der Waals surface area contributed by atoms with Gasteiger partial charge < -0.3 is 0 Å². The summed E-state index contributed by atoms with van der Waals surface area (Å²) in [5.41, 5.74) is 0. The van der Waals surface area contributed by atoms with E-state index in [0.717, 1.165) is 6.98 Å². The monoisotopic (exact) mass is 131 g/mol. The molecule has 0 aromatic heterocycles. The van der Waals surface area contributed by atoms with E-state index in [9.17, 15) is 0 Å². The third kappa shape index (κ3) is 4.78. The van der Waals surface area contributed by atoms with E-state index in [0.29, 0.717) is 0 Å². The van der Waals surface area contributed by atoms with Crippen molar-refractivity contribution < 1.29 is 15.1 Å². The van der Waals surface area contributed by atoms with Crippen LogP contribution in [0.1, 0.15) is 0 Å². The van der Waals surface area contributed by atoms with Crippen LogP contribution in [0.25, 0.3) is 0 Å². The molecule has 1 nitrogen and oxygen atoms in total. The van der Waals surface area contributed by atoms with Gasteiger partial charge in [-0.2, -0.15) is 0 Å². The summed E-state index contributed by atoms with van der Waals surface area (Å²) in [5, 5.41) is 0. The fraction of sp³-hybridized carbons (Fsp3) is 1.00. The van der Waals surface area contributed by atoms with E-state index >= 15 is 0 Å². The molecule has 0 amide bonds. The summed E-state index contributed by atoms with van der Waals surface area (Å²) >= 11 is 3.58. The van der Waals surface area contributed by atoms with Crippen molar-refractivity contribution >= 4 is 6.98 Å². The Morgan fingerprint density at radius 1 is 1.60 bits per heavy atom. The van der Waals surface area contributed by atoms with Gasteiger partial charge in [0.15, 0.2) is 0 Å². The van der Waals surface area contributed by atoms with Crippen molar-refractivity contribution in [3.8, 4) is 0 Å². The summed E-state index contributed by atoms with van der Waals surface area (Å²) in [4.78, 5) is 0. The van der Waals surface area contributed by atoms with Gasteiger partial charge in [-0.05, 0) is 0 Å². The van der Waals surface area contributed by atoms with Crippen molar-refractivity contribution in [2.45, 2.75) is 0 Å². The van der Waals surface area contributed by atoms with E-state index in [2.05, 4.69) is 15.1 Å². The summed E-state index contributed by atoms with van der Waals surface area (Å²) in [6, 6.07) is 0. The third-order valence-corrected chi connectivity index (χ3v) is 1.75. The quantitative estimate of drug-likeness (QED) is 0.377. The van der Waals surface area contributed by atoms with Crippen molar-refractivity contribution in [3.63, 3.8) is 0 Å². The molecule has 0 aromatic rings. The first-order valence-corrected chi connectivity index (χ1v) is 3.45. The average molecular weight is 131 g/mol. The summed E-state index contributed by atoms with van der Waals surface area (Å²) in [5.74, 6) is 0. The van der Waals surface area contributed by atoms with E-state index in [-0.39, 0.29) is 0 Å². The second-order valence-corrected chi connectivity index (χ2v) is 2.52. The number of hydrogen-bond acceptors (Lipinski definition) is 1. The number of nitrogens with zero attached hydrogens (tertiary/aromatic N) is 1. The Morgan fingerprint density at radius 2 is 1.80 bits per heavy atom. The molecular weight excluding hydrogens is 125 g/mol. The van der Waals surface area contributed by atoms with Crippen LogP contribution in [0.5, 0.6) is 0 Å². The van der Waals surface area contributed by atoms with E-state index in [1.54, 1.807) is 0 Å². The normalized spacial score (nSPS) is 10.4. The first-order valence-electron chi connectivity index (χ1n) is 1.25. The molecule has 0 atom stereocenters. The molecule has 0 rings (SSSR count). The Hall–Kier alpha value is 0.779. The molecule has 0 saturated heterocycles. The topological polar surface area (TPSA) is 3.24 Å². The van der Waals surface area contributed by atoms with Gasteiger partial charge in [0, 0.05) is 0 Å². The van der Waals surface area contributed by atoms with Gasteiger partial charge in [-0.25, -0.2) is 0 Å². The maximum absolute atomic E-state index is 3.58. The van der Waals surface area contributed by atoms with Crippen molar-refractivity contribution in [2.24, 2.45) is 0 Å².